The predicted molar refractivity (Wildman–Crippen MR) is 99.1 cm³/mol. The van der Waals surface area contributed by atoms with Crippen molar-refractivity contribution in [1.29, 1.82) is 0 Å². The van der Waals surface area contributed by atoms with Gasteiger partial charge in [-0.15, -0.1) is 0 Å². The van der Waals surface area contributed by atoms with Crippen molar-refractivity contribution in [2.75, 3.05) is 12.9 Å². The summed E-state index contributed by atoms with van der Waals surface area (Å²) in [7, 11) is 1.27. The van der Waals surface area contributed by atoms with E-state index in [4.69, 9.17) is 0 Å². The molecule has 0 radical (unpaired) electrons. The lowest BCUT2D eigenvalue weighted by atomic mass is 10.2. The maximum absolute atomic E-state index is 12.7. The van der Waals surface area contributed by atoms with E-state index in [9.17, 15) is 14.4 Å². The van der Waals surface area contributed by atoms with Crippen LogP contribution in [0, 0.1) is 0 Å². The first-order valence-corrected chi connectivity index (χ1v) is 9.55. The van der Waals surface area contributed by atoms with Gasteiger partial charge in [0.15, 0.2) is 5.16 Å². The molecule has 0 unspecified atom stereocenters. The highest BCUT2D eigenvalue weighted by Gasteiger charge is 2.19. The number of fused-ring (bicyclic) bond motifs is 1. The van der Waals surface area contributed by atoms with Gasteiger partial charge in [-0.05, 0) is 25.0 Å². The van der Waals surface area contributed by atoms with Crippen LogP contribution in [0.3, 0.4) is 0 Å². The second-order valence-electron chi connectivity index (χ2n) is 6.22. The van der Waals surface area contributed by atoms with Gasteiger partial charge in [0.05, 0.1) is 23.8 Å². The van der Waals surface area contributed by atoms with Gasteiger partial charge in [0.1, 0.15) is 6.54 Å². The molecule has 0 saturated heterocycles. The third-order valence-corrected chi connectivity index (χ3v) is 5.37. The number of amides is 1. The topological polar surface area (TPSA) is 90.3 Å². The zero-order valence-corrected chi connectivity index (χ0v) is 15.4. The molecule has 2 aromatic rings. The Morgan fingerprint density at radius 2 is 2.04 bits per heavy atom. The Morgan fingerprint density at radius 1 is 1.31 bits per heavy atom. The van der Waals surface area contributed by atoms with E-state index in [1.54, 1.807) is 24.3 Å². The molecule has 1 saturated carbocycles. The van der Waals surface area contributed by atoms with Gasteiger partial charge in [-0.2, -0.15) is 0 Å². The highest BCUT2D eigenvalue weighted by Crippen LogP contribution is 2.20. The second kappa shape index (κ2) is 8.35. The van der Waals surface area contributed by atoms with Gasteiger partial charge >= 0.3 is 5.97 Å². The number of carbonyl (C=O) groups is 2. The minimum Gasteiger partial charge on any atom is -0.468 e. The number of hydrogen-bond acceptors (Lipinski definition) is 6. The van der Waals surface area contributed by atoms with Gasteiger partial charge in [-0.3, -0.25) is 19.0 Å². The molecule has 1 aliphatic rings. The minimum absolute atomic E-state index is 0.0890. The summed E-state index contributed by atoms with van der Waals surface area (Å²) >= 11 is 1.15. The molecule has 138 valence electrons. The molecule has 0 aliphatic heterocycles. The van der Waals surface area contributed by atoms with E-state index < -0.39 is 5.97 Å². The summed E-state index contributed by atoms with van der Waals surface area (Å²) in [6, 6.07) is 7.18. The first-order valence-electron chi connectivity index (χ1n) is 8.57. The van der Waals surface area contributed by atoms with E-state index in [-0.39, 0.29) is 29.8 Å². The molecule has 1 fully saturated rings. The van der Waals surface area contributed by atoms with Crippen molar-refractivity contribution < 1.29 is 14.3 Å². The van der Waals surface area contributed by atoms with Crippen molar-refractivity contribution in [3.05, 3.63) is 34.6 Å². The monoisotopic (exact) mass is 375 g/mol. The fraction of sp³-hybridized carbons (Fsp3) is 0.444. The molecule has 1 aromatic carbocycles. The second-order valence-corrected chi connectivity index (χ2v) is 7.16. The summed E-state index contributed by atoms with van der Waals surface area (Å²) in [5.41, 5.74) is 0.219. The molecule has 0 spiro atoms. The normalized spacial score (nSPS) is 14.5. The Labute approximate surface area is 155 Å². The summed E-state index contributed by atoms with van der Waals surface area (Å²) in [4.78, 5) is 41.1. The number of rotatable bonds is 6. The molecule has 1 N–H and O–H groups in total. The van der Waals surface area contributed by atoms with Crippen LogP contribution in [-0.4, -0.2) is 40.3 Å². The number of carbonyl (C=O) groups excluding carboxylic acids is 2. The summed E-state index contributed by atoms with van der Waals surface area (Å²) in [6.07, 6.45) is 4.31. The number of nitrogens with one attached hydrogen (secondary N) is 1. The number of thioether (sulfide) groups is 1. The fourth-order valence-corrected chi connectivity index (χ4v) is 3.87. The lowest BCUT2D eigenvalue weighted by Crippen LogP contribution is -2.34. The van der Waals surface area contributed by atoms with Crippen molar-refractivity contribution >= 4 is 34.5 Å². The van der Waals surface area contributed by atoms with Gasteiger partial charge in [0, 0.05) is 6.04 Å². The molecule has 8 heteroatoms. The van der Waals surface area contributed by atoms with E-state index in [1.165, 1.54) is 11.7 Å². The Kier molecular flexibility index (Phi) is 5.92. The molecule has 3 rings (SSSR count). The van der Waals surface area contributed by atoms with Crippen LogP contribution >= 0.6 is 11.8 Å². The summed E-state index contributed by atoms with van der Waals surface area (Å²) < 4.78 is 5.94. The molecule has 1 heterocycles. The summed E-state index contributed by atoms with van der Waals surface area (Å²) in [5.74, 6) is -0.488. The van der Waals surface area contributed by atoms with Crippen molar-refractivity contribution in [3.8, 4) is 0 Å². The van der Waals surface area contributed by atoms with Gasteiger partial charge in [0.25, 0.3) is 5.56 Å². The average Bonchev–Trinajstić information content (AvgIpc) is 3.15. The van der Waals surface area contributed by atoms with Gasteiger partial charge in [-0.25, -0.2) is 4.98 Å². The van der Waals surface area contributed by atoms with Crippen molar-refractivity contribution in [1.82, 2.24) is 14.9 Å². The third kappa shape index (κ3) is 4.24. The van der Waals surface area contributed by atoms with Crippen LogP contribution in [0.25, 0.3) is 10.9 Å². The van der Waals surface area contributed by atoms with E-state index in [0.29, 0.717) is 16.1 Å². The number of hydrogen-bond donors (Lipinski definition) is 1. The number of esters is 1. The van der Waals surface area contributed by atoms with E-state index in [0.717, 1.165) is 37.4 Å². The van der Waals surface area contributed by atoms with Gasteiger partial charge in [0.2, 0.25) is 5.91 Å². The van der Waals surface area contributed by atoms with E-state index >= 15 is 0 Å². The lowest BCUT2D eigenvalue weighted by Gasteiger charge is -2.14. The van der Waals surface area contributed by atoms with Crippen LogP contribution in [0.2, 0.25) is 0 Å². The standard InChI is InChI=1S/C18H21N3O4S/c1-25-16(23)10-21-17(24)13-8-4-5-9-14(13)20-18(21)26-11-15(22)19-12-6-2-3-7-12/h4-5,8-9,12H,2-3,6-7,10-11H2,1H3,(H,19,22). The highest BCUT2D eigenvalue weighted by atomic mass is 32.2. The fourth-order valence-electron chi connectivity index (χ4n) is 3.06. The van der Waals surface area contributed by atoms with Crippen LogP contribution in [0.1, 0.15) is 25.7 Å². The first kappa shape index (κ1) is 18.4. The van der Waals surface area contributed by atoms with Crippen molar-refractivity contribution in [2.24, 2.45) is 0 Å². The number of aromatic nitrogens is 2. The average molecular weight is 375 g/mol. The molecule has 1 aliphatic carbocycles. The molecule has 0 bridgehead atoms. The molecule has 7 nitrogen and oxygen atoms in total. The summed E-state index contributed by atoms with van der Waals surface area (Å²) in [5, 5.41) is 3.77. The maximum atomic E-state index is 12.7. The Morgan fingerprint density at radius 3 is 2.77 bits per heavy atom. The molecular formula is C18H21N3O4S. The molecule has 26 heavy (non-hydrogen) atoms. The molecule has 1 aromatic heterocycles. The summed E-state index contributed by atoms with van der Waals surface area (Å²) in [6.45, 7) is -0.236. The number of methoxy groups -OCH3 is 1. The molecule has 1 amide bonds. The maximum Gasteiger partial charge on any atom is 0.325 e. The largest absolute Gasteiger partial charge is 0.468 e. The van der Waals surface area contributed by atoms with Crippen LogP contribution in [0.5, 0.6) is 0 Å². The highest BCUT2D eigenvalue weighted by molar-refractivity contribution is 7.99. The zero-order chi connectivity index (χ0) is 18.5. The lowest BCUT2D eigenvalue weighted by molar-refractivity contribution is -0.141. The van der Waals surface area contributed by atoms with Crippen molar-refractivity contribution in [3.63, 3.8) is 0 Å². The number of para-hydroxylation sites is 1. The minimum atomic E-state index is -0.540. The van der Waals surface area contributed by atoms with Gasteiger partial charge in [-0.1, -0.05) is 36.7 Å². The molecule has 0 atom stereocenters. The Bertz CT molecular complexity index is 874. The van der Waals surface area contributed by atoms with E-state index in [1.807, 2.05) is 0 Å². The first-order chi connectivity index (χ1) is 12.6. The number of nitrogens with zero attached hydrogens (tertiary/aromatic N) is 2. The van der Waals surface area contributed by atoms with Crippen LogP contribution in [0.15, 0.2) is 34.2 Å². The van der Waals surface area contributed by atoms with Crippen LogP contribution in [-0.2, 0) is 20.9 Å². The zero-order valence-electron chi connectivity index (χ0n) is 14.6. The smallest absolute Gasteiger partial charge is 0.325 e. The van der Waals surface area contributed by atoms with Crippen molar-refractivity contribution in [2.45, 2.75) is 43.4 Å². The number of ether oxygens (including phenoxy) is 1. The van der Waals surface area contributed by atoms with E-state index in [2.05, 4.69) is 15.0 Å². The Hall–Kier alpha value is -2.35. The quantitative estimate of drug-likeness (QED) is 0.470. The van der Waals surface area contributed by atoms with Crippen LogP contribution in [0.4, 0.5) is 0 Å². The SMILES string of the molecule is COC(=O)Cn1c(SCC(=O)NC2CCCC2)nc2ccccc2c1=O. The Balaban J connectivity index is 1.82. The van der Waals surface area contributed by atoms with Gasteiger partial charge < -0.3 is 10.1 Å². The van der Waals surface area contributed by atoms with Crippen LogP contribution < -0.4 is 10.9 Å². The third-order valence-electron chi connectivity index (χ3n) is 4.39. The number of benzene rings is 1. The predicted octanol–water partition coefficient (Wildman–Crippen LogP) is 1.72. The molecular weight excluding hydrogens is 354 g/mol.